The van der Waals surface area contributed by atoms with Gasteiger partial charge in [0.1, 0.15) is 18.2 Å². The lowest BCUT2D eigenvalue weighted by Crippen LogP contribution is -2.32. The third-order valence-corrected chi connectivity index (χ3v) is 6.90. The molecular formula is C27H21F3N6O2. The van der Waals surface area contributed by atoms with E-state index in [1.807, 2.05) is 13.1 Å². The molecule has 0 radical (unpaired) electrons. The minimum Gasteiger partial charge on any atom is -0.491 e. The van der Waals surface area contributed by atoms with Crippen LogP contribution in [0.4, 0.5) is 19.0 Å². The summed E-state index contributed by atoms with van der Waals surface area (Å²) in [6.45, 7) is 0.249. The van der Waals surface area contributed by atoms with Crippen molar-refractivity contribution in [2.24, 2.45) is 7.05 Å². The molecule has 0 unspecified atom stereocenters. The second-order valence-corrected chi connectivity index (χ2v) is 9.18. The summed E-state index contributed by atoms with van der Waals surface area (Å²) >= 11 is 0. The van der Waals surface area contributed by atoms with E-state index in [1.54, 1.807) is 53.2 Å². The molecule has 0 spiro atoms. The number of carbonyl (C=O) groups excluding carboxylic acids is 1. The maximum Gasteiger partial charge on any atom is 0.417 e. The van der Waals surface area contributed by atoms with Gasteiger partial charge in [0.15, 0.2) is 0 Å². The van der Waals surface area contributed by atoms with E-state index in [1.165, 1.54) is 6.07 Å². The maximum absolute atomic E-state index is 13.5. The fourth-order valence-corrected chi connectivity index (χ4v) is 4.84. The lowest BCUT2D eigenvalue weighted by atomic mass is 10.0. The number of halogens is 3. The summed E-state index contributed by atoms with van der Waals surface area (Å²) in [6.07, 6.45) is -1.99. The molecule has 3 aromatic heterocycles. The molecule has 11 heteroatoms. The van der Waals surface area contributed by atoms with E-state index in [-0.39, 0.29) is 18.6 Å². The van der Waals surface area contributed by atoms with Gasteiger partial charge in [-0.25, -0.2) is 4.98 Å². The van der Waals surface area contributed by atoms with E-state index in [0.717, 1.165) is 34.1 Å². The van der Waals surface area contributed by atoms with E-state index >= 15 is 0 Å². The fraction of sp³-hybridized carbons (Fsp3) is 0.185. The molecule has 1 aliphatic rings. The molecule has 38 heavy (non-hydrogen) atoms. The highest BCUT2D eigenvalue weighted by Gasteiger charge is 2.32. The summed E-state index contributed by atoms with van der Waals surface area (Å²) in [5.41, 5.74) is 9.03. The van der Waals surface area contributed by atoms with Crippen LogP contribution < -0.4 is 10.5 Å². The van der Waals surface area contributed by atoms with Crippen LogP contribution in [0, 0.1) is 0 Å². The van der Waals surface area contributed by atoms with Crippen LogP contribution in [0.2, 0.25) is 0 Å². The van der Waals surface area contributed by atoms with E-state index in [2.05, 4.69) is 15.1 Å². The summed E-state index contributed by atoms with van der Waals surface area (Å²) in [7, 11) is 3.52. The number of rotatable bonds is 3. The number of amides is 1. The summed E-state index contributed by atoms with van der Waals surface area (Å²) in [6, 6.07) is 12.6. The van der Waals surface area contributed by atoms with Crippen LogP contribution in [0.25, 0.3) is 33.1 Å². The topological polar surface area (TPSA) is 99.2 Å². The van der Waals surface area contributed by atoms with Gasteiger partial charge in [0.2, 0.25) is 0 Å². The highest BCUT2D eigenvalue weighted by Crippen LogP contribution is 2.39. The number of ether oxygens (including phenoxy) is 1. The molecule has 0 aliphatic carbocycles. The van der Waals surface area contributed by atoms with Gasteiger partial charge < -0.3 is 15.4 Å². The quantitative estimate of drug-likeness (QED) is 0.361. The highest BCUT2D eigenvalue weighted by molar-refractivity contribution is 6.10. The fourth-order valence-electron chi connectivity index (χ4n) is 4.84. The number of alkyl halides is 3. The predicted molar refractivity (Wildman–Crippen MR) is 135 cm³/mol. The smallest absolute Gasteiger partial charge is 0.417 e. The molecule has 2 N–H and O–H groups in total. The summed E-state index contributed by atoms with van der Waals surface area (Å²) in [5.74, 6) is 0.736. The molecule has 192 valence electrons. The molecule has 4 heterocycles. The monoisotopic (exact) mass is 518 g/mol. The van der Waals surface area contributed by atoms with E-state index < -0.39 is 11.7 Å². The summed E-state index contributed by atoms with van der Waals surface area (Å²) in [5, 5.41) is 5.76. The SMILES string of the molecule is CN(C(=O)c1ccc2nc(N)c3cnn(C)c3c2c1)[C@@H]1COc2cc(-c3ccc(C(F)(F)F)cn3)ccc21. The Balaban J connectivity index is 1.29. The first-order valence-electron chi connectivity index (χ1n) is 11.7. The number of carbonyl (C=O) groups is 1. The van der Waals surface area contributed by atoms with Crippen LogP contribution in [0.1, 0.15) is 27.5 Å². The lowest BCUT2D eigenvalue weighted by Gasteiger charge is -2.24. The Morgan fingerprint density at radius 3 is 2.66 bits per heavy atom. The molecule has 5 aromatic rings. The van der Waals surface area contributed by atoms with Crippen molar-refractivity contribution < 1.29 is 22.7 Å². The van der Waals surface area contributed by atoms with Crippen molar-refractivity contribution in [3.8, 4) is 17.0 Å². The van der Waals surface area contributed by atoms with Crippen molar-refractivity contribution in [2.45, 2.75) is 12.2 Å². The van der Waals surface area contributed by atoms with Gasteiger partial charge in [0, 0.05) is 42.4 Å². The van der Waals surface area contributed by atoms with Gasteiger partial charge >= 0.3 is 6.18 Å². The van der Waals surface area contributed by atoms with Crippen LogP contribution in [-0.2, 0) is 13.2 Å². The number of nitrogens with two attached hydrogens (primary N) is 1. The van der Waals surface area contributed by atoms with Crippen molar-refractivity contribution in [3.05, 3.63) is 77.6 Å². The first-order chi connectivity index (χ1) is 18.1. The first kappa shape index (κ1) is 23.7. The zero-order valence-electron chi connectivity index (χ0n) is 20.3. The molecule has 0 saturated heterocycles. The first-order valence-corrected chi connectivity index (χ1v) is 11.7. The molecule has 0 bridgehead atoms. The Kier molecular flexibility index (Phi) is 5.26. The van der Waals surface area contributed by atoms with Crippen molar-refractivity contribution in [1.29, 1.82) is 0 Å². The van der Waals surface area contributed by atoms with Gasteiger partial charge in [0.25, 0.3) is 5.91 Å². The molecular weight excluding hydrogens is 497 g/mol. The van der Waals surface area contributed by atoms with Gasteiger partial charge in [-0.05, 0) is 36.4 Å². The van der Waals surface area contributed by atoms with E-state index in [9.17, 15) is 18.0 Å². The van der Waals surface area contributed by atoms with Crippen molar-refractivity contribution in [2.75, 3.05) is 19.4 Å². The molecule has 6 rings (SSSR count). The van der Waals surface area contributed by atoms with Gasteiger partial charge in [-0.2, -0.15) is 18.3 Å². The Hall–Kier alpha value is -4.67. The van der Waals surface area contributed by atoms with Gasteiger partial charge in [-0.1, -0.05) is 12.1 Å². The van der Waals surface area contributed by atoms with E-state index in [0.29, 0.717) is 33.9 Å². The average molecular weight is 518 g/mol. The summed E-state index contributed by atoms with van der Waals surface area (Å²) < 4.78 is 46.2. The number of likely N-dealkylation sites (N-methyl/N-ethyl adjacent to an activating group) is 1. The van der Waals surface area contributed by atoms with Crippen molar-refractivity contribution in [3.63, 3.8) is 0 Å². The van der Waals surface area contributed by atoms with Gasteiger partial charge in [-0.15, -0.1) is 0 Å². The molecule has 0 saturated carbocycles. The number of nitrogens with zero attached hydrogens (tertiary/aromatic N) is 5. The van der Waals surface area contributed by atoms with Crippen LogP contribution in [0.5, 0.6) is 5.75 Å². The Bertz CT molecular complexity index is 1730. The van der Waals surface area contributed by atoms with Crippen LogP contribution in [0.15, 0.2) is 60.9 Å². The van der Waals surface area contributed by atoms with Crippen LogP contribution in [-0.4, -0.2) is 44.2 Å². The maximum atomic E-state index is 13.5. The third-order valence-electron chi connectivity index (χ3n) is 6.90. The Morgan fingerprint density at radius 1 is 1.11 bits per heavy atom. The number of fused-ring (bicyclic) bond motifs is 4. The molecule has 0 fully saturated rings. The minimum absolute atomic E-state index is 0.200. The largest absolute Gasteiger partial charge is 0.491 e. The Morgan fingerprint density at radius 2 is 1.92 bits per heavy atom. The average Bonchev–Trinajstić information content (AvgIpc) is 3.51. The number of anilines is 1. The highest BCUT2D eigenvalue weighted by atomic mass is 19.4. The number of aromatic nitrogens is 4. The molecule has 1 atom stereocenters. The van der Waals surface area contributed by atoms with Gasteiger partial charge in [0.05, 0.1) is 39.9 Å². The second kappa shape index (κ2) is 8.44. The van der Waals surface area contributed by atoms with E-state index in [4.69, 9.17) is 10.5 Å². The molecule has 2 aromatic carbocycles. The standard InChI is InChI=1S/C27H21F3N6O2/c1-35(26(37)15-4-7-21-18(9-15)24-19(25(31)34-21)12-33-36(24)2)22-13-38-23-10-14(3-6-17(22)23)20-8-5-16(11-32-20)27(28,29)30/h3-12,22H,13H2,1-2H3,(H2,31,34)/t22-/m1/s1. The van der Waals surface area contributed by atoms with Crippen molar-refractivity contribution >= 4 is 33.5 Å². The van der Waals surface area contributed by atoms with Gasteiger partial charge in [-0.3, -0.25) is 14.5 Å². The van der Waals surface area contributed by atoms with Crippen LogP contribution >= 0.6 is 0 Å². The number of pyridine rings is 2. The number of nitrogen functional groups attached to an aromatic ring is 1. The second-order valence-electron chi connectivity index (χ2n) is 9.18. The predicted octanol–water partition coefficient (Wildman–Crippen LogP) is 4.99. The normalized spacial score (nSPS) is 15.0. The summed E-state index contributed by atoms with van der Waals surface area (Å²) in [4.78, 5) is 23.5. The Labute approximate surface area is 214 Å². The molecule has 1 aliphatic heterocycles. The third kappa shape index (κ3) is 3.78. The lowest BCUT2D eigenvalue weighted by molar-refractivity contribution is -0.137. The number of benzene rings is 2. The van der Waals surface area contributed by atoms with Crippen LogP contribution in [0.3, 0.4) is 0 Å². The number of aryl methyl sites for hydroxylation is 1. The number of hydrogen-bond donors (Lipinski definition) is 1. The molecule has 1 amide bonds. The van der Waals surface area contributed by atoms with Crippen molar-refractivity contribution in [1.82, 2.24) is 24.6 Å². The minimum atomic E-state index is -4.45. The number of hydrogen-bond acceptors (Lipinski definition) is 6. The zero-order chi connectivity index (χ0) is 26.8. The zero-order valence-corrected chi connectivity index (χ0v) is 20.3. The molecule has 8 nitrogen and oxygen atoms in total.